The fourth-order valence-corrected chi connectivity index (χ4v) is 1.83. The summed E-state index contributed by atoms with van der Waals surface area (Å²) in [6.07, 6.45) is 1.11. The fourth-order valence-electron chi connectivity index (χ4n) is 1.83. The number of rotatable bonds is 2. The van der Waals surface area contributed by atoms with E-state index in [-0.39, 0.29) is 16.8 Å². The van der Waals surface area contributed by atoms with Crippen molar-refractivity contribution in [1.82, 2.24) is 4.57 Å². The molecule has 1 heterocycles. The molecule has 0 aliphatic heterocycles. The van der Waals surface area contributed by atoms with Gasteiger partial charge in [-0.2, -0.15) is 0 Å². The summed E-state index contributed by atoms with van der Waals surface area (Å²) < 4.78 is 14.9. The molecule has 0 aliphatic carbocycles. The topological polar surface area (TPSA) is 65.1 Å². The molecule has 0 atom stereocenters. The first kappa shape index (κ1) is 12.9. The second-order valence-corrected chi connectivity index (χ2v) is 4.27. The van der Waals surface area contributed by atoms with Crippen LogP contribution in [0.15, 0.2) is 35.3 Å². The Balaban J connectivity index is 2.78. The minimum atomic E-state index is -0.614. The van der Waals surface area contributed by atoms with E-state index in [9.17, 15) is 19.3 Å². The molecule has 0 amide bonds. The van der Waals surface area contributed by atoms with Gasteiger partial charge in [-0.3, -0.25) is 14.9 Å². The summed E-state index contributed by atoms with van der Waals surface area (Å²) in [6.45, 7) is 1.75. The maximum absolute atomic E-state index is 13.8. The van der Waals surface area contributed by atoms with Gasteiger partial charge >= 0.3 is 0 Å². The number of nitro groups is 1. The third-order valence-electron chi connectivity index (χ3n) is 2.79. The van der Waals surface area contributed by atoms with E-state index in [1.54, 1.807) is 13.0 Å². The quantitative estimate of drug-likeness (QED) is 0.616. The number of benzene rings is 1. The predicted octanol–water partition coefficient (Wildman–Crippen LogP) is 2.41. The Labute approximate surface area is 108 Å². The molecule has 0 saturated carbocycles. The van der Waals surface area contributed by atoms with Crippen LogP contribution < -0.4 is 5.56 Å². The van der Waals surface area contributed by atoms with Crippen LogP contribution in [0.2, 0.25) is 0 Å². The van der Waals surface area contributed by atoms with Crippen LogP contribution in [-0.2, 0) is 7.05 Å². The lowest BCUT2D eigenvalue weighted by Crippen LogP contribution is -2.19. The smallest absolute Gasteiger partial charge is 0.286 e. The summed E-state index contributed by atoms with van der Waals surface area (Å²) in [5.74, 6) is -0.580. The maximum Gasteiger partial charge on any atom is 0.286 e. The monoisotopic (exact) mass is 262 g/mol. The summed E-state index contributed by atoms with van der Waals surface area (Å²) in [6, 6.07) is 5.40. The Hall–Kier alpha value is -2.50. The van der Waals surface area contributed by atoms with Gasteiger partial charge in [0.25, 0.3) is 11.2 Å². The van der Waals surface area contributed by atoms with E-state index in [4.69, 9.17) is 0 Å². The number of hydrogen-bond acceptors (Lipinski definition) is 3. The minimum absolute atomic E-state index is 0.0158. The van der Waals surface area contributed by atoms with E-state index in [2.05, 4.69) is 0 Å². The molecule has 0 aliphatic rings. The minimum Gasteiger partial charge on any atom is -0.311 e. The molecule has 98 valence electrons. The number of halogens is 1. The highest BCUT2D eigenvalue weighted by Gasteiger charge is 2.16. The van der Waals surface area contributed by atoms with E-state index in [1.807, 2.05) is 0 Å². The maximum atomic E-state index is 13.8. The van der Waals surface area contributed by atoms with Crippen molar-refractivity contribution in [3.8, 4) is 11.1 Å². The normalized spacial score (nSPS) is 10.5. The van der Waals surface area contributed by atoms with Crippen LogP contribution in [0.25, 0.3) is 11.1 Å². The van der Waals surface area contributed by atoms with E-state index in [0.717, 1.165) is 22.4 Å². The first-order valence-electron chi connectivity index (χ1n) is 5.51. The predicted molar refractivity (Wildman–Crippen MR) is 68.5 cm³/mol. The van der Waals surface area contributed by atoms with E-state index < -0.39 is 16.3 Å². The van der Waals surface area contributed by atoms with E-state index in [1.165, 1.54) is 19.2 Å². The third kappa shape index (κ3) is 2.37. The molecule has 0 radical (unpaired) electrons. The van der Waals surface area contributed by atoms with Gasteiger partial charge in [0.2, 0.25) is 0 Å². The third-order valence-corrected chi connectivity index (χ3v) is 2.79. The molecule has 5 nitrogen and oxygen atoms in total. The van der Waals surface area contributed by atoms with Gasteiger partial charge in [0.15, 0.2) is 0 Å². The number of nitrogens with zero attached hydrogens (tertiary/aromatic N) is 2. The lowest BCUT2D eigenvalue weighted by Gasteiger charge is -2.06. The van der Waals surface area contributed by atoms with Crippen LogP contribution in [0, 0.1) is 22.9 Å². The summed E-state index contributed by atoms with van der Waals surface area (Å²) in [7, 11) is 1.40. The van der Waals surface area contributed by atoms with Gasteiger partial charge in [-0.25, -0.2) is 4.39 Å². The first-order chi connectivity index (χ1) is 8.90. The molecular weight excluding hydrogens is 251 g/mol. The van der Waals surface area contributed by atoms with Crippen molar-refractivity contribution in [3.05, 3.63) is 62.3 Å². The lowest BCUT2D eigenvalue weighted by atomic mass is 10.0. The first-order valence-corrected chi connectivity index (χ1v) is 5.51. The highest BCUT2D eigenvalue weighted by Crippen LogP contribution is 2.24. The SMILES string of the molecule is Cc1ccc(F)c(-c2cc([N+](=O)[O-])cn(C)c2=O)c1. The second kappa shape index (κ2) is 4.64. The van der Waals surface area contributed by atoms with Crippen molar-refractivity contribution >= 4 is 5.69 Å². The standard InChI is InChI=1S/C13H11FN2O3/c1-8-3-4-12(14)10(5-8)11-6-9(16(18)19)7-15(2)13(11)17/h3-7H,1-2H3. The van der Waals surface area contributed by atoms with Gasteiger partial charge in [0.1, 0.15) is 5.82 Å². The van der Waals surface area contributed by atoms with Crippen molar-refractivity contribution < 1.29 is 9.31 Å². The summed E-state index contributed by atoms with van der Waals surface area (Å²) >= 11 is 0. The molecule has 19 heavy (non-hydrogen) atoms. The summed E-state index contributed by atoms with van der Waals surface area (Å²) in [5.41, 5.74) is 0.0975. The molecule has 0 bridgehead atoms. The zero-order valence-corrected chi connectivity index (χ0v) is 10.4. The average Bonchev–Trinajstić information content (AvgIpc) is 2.35. The van der Waals surface area contributed by atoms with Crippen molar-refractivity contribution in [2.24, 2.45) is 7.05 Å². The van der Waals surface area contributed by atoms with Gasteiger partial charge in [0, 0.05) is 18.7 Å². The molecule has 1 aromatic heterocycles. The molecule has 2 rings (SSSR count). The number of hydrogen-bond donors (Lipinski definition) is 0. The van der Waals surface area contributed by atoms with Gasteiger partial charge in [0.05, 0.1) is 16.7 Å². The van der Waals surface area contributed by atoms with Gasteiger partial charge in [-0.15, -0.1) is 0 Å². The van der Waals surface area contributed by atoms with Crippen molar-refractivity contribution in [1.29, 1.82) is 0 Å². The van der Waals surface area contributed by atoms with Crippen LogP contribution in [0.1, 0.15) is 5.56 Å². The highest BCUT2D eigenvalue weighted by atomic mass is 19.1. The van der Waals surface area contributed by atoms with Crippen LogP contribution in [0.3, 0.4) is 0 Å². The van der Waals surface area contributed by atoms with Crippen LogP contribution in [0.5, 0.6) is 0 Å². The molecule has 6 heteroatoms. The summed E-state index contributed by atoms with van der Waals surface area (Å²) in [5, 5.41) is 10.8. The number of aromatic nitrogens is 1. The van der Waals surface area contributed by atoms with E-state index >= 15 is 0 Å². The fraction of sp³-hybridized carbons (Fsp3) is 0.154. The Bertz CT molecular complexity index is 722. The molecule has 0 spiro atoms. The van der Waals surface area contributed by atoms with Gasteiger partial charge in [-0.1, -0.05) is 11.6 Å². The van der Waals surface area contributed by atoms with Gasteiger partial charge in [-0.05, 0) is 19.1 Å². The van der Waals surface area contributed by atoms with Crippen molar-refractivity contribution in [3.63, 3.8) is 0 Å². The van der Waals surface area contributed by atoms with Crippen molar-refractivity contribution in [2.45, 2.75) is 6.92 Å². The van der Waals surface area contributed by atoms with Gasteiger partial charge < -0.3 is 4.57 Å². The molecule has 0 fully saturated rings. The lowest BCUT2D eigenvalue weighted by molar-refractivity contribution is -0.385. The van der Waals surface area contributed by atoms with Crippen LogP contribution in [-0.4, -0.2) is 9.49 Å². The van der Waals surface area contributed by atoms with E-state index in [0.29, 0.717) is 0 Å². The zero-order valence-electron chi connectivity index (χ0n) is 10.4. The summed E-state index contributed by atoms with van der Waals surface area (Å²) in [4.78, 5) is 22.2. The van der Waals surface area contributed by atoms with Crippen LogP contribution in [0.4, 0.5) is 10.1 Å². The molecule has 0 unspecified atom stereocenters. The Morgan fingerprint density at radius 2 is 1.95 bits per heavy atom. The molecule has 1 aromatic carbocycles. The molecule has 0 N–H and O–H groups in total. The number of pyridine rings is 1. The highest BCUT2D eigenvalue weighted by molar-refractivity contribution is 5.66. The molecule has 2 aromatic rings. The Morgan fingerprint density at radius 3 is 2.58 bits per heavy atom. The molecule has 0 saturated heterocycles. The zero-order chi connectivity index (χ0) is 14.2. The largest absolute Gasteiger partial charge is 0.311 e. The Morgan fingerprint density at radius 1 is 1.26 bits per heavy atom. The van der Waals surface area contributed by atoms with Crippen LogP contribution >= 0.6 is 0 Å². The Kier molecular flexibility index (Phi) is 3.16. The molecular formula is C13H11FN2O3. The average molecular weight is 262 g/mol. The second-order valence-electron chi connectivity index (χ2n) is 4.27. The van der Waals surface area contributed by atoms with Crippen molar-refractivity contribution in [2.75, 3.05) is 0 Å². The number of aryl methyl sites for hydroxylation is 2.